The van der Waals surface area contributed by atoms with Crippen LogP contribution in [0.15, 0.2) is 54.6 Å². The summed E-state index contributed by atoms with van der Waals surface area (Å²) in [7, 11) is 2.12. The molecular weight excluding hydrogens is 524 g/mol. The van der Waals surface area contributed by atoms with Crippen molar-refractivity contribution in [3.63, 3.8) is 0 Å². The number of nitrogens with zero attached hydrogens (tertiary/aromatic N) is 4. The molecule has 0 bridgehead atoms. The van der Waals surface area contributed by atoms with Gasteiger partial charge in [-0.2, -0.15) is 0 Å². The molecule has 2 saturated heterocycles. The molecule has 41 heavy (non-hydrogen) atoms. The number of likely N-dealkylation sites (tertiary alicyclic amines) is 1. The number of fused-ring (bicyclic) bond motifs is 1. The normalized spacial score (nSPS) is 22.2. The van der Waals surface area contributed by atoms with Crippen LogP contribution in [0.4, 0.5) is 16.4 Å². The molecule has 5 heterocycles. The number of ether oxygens (including phenoxy) is 3. The van der Waals surface area contributed by atoms with E-state index in [1.165, 1.54) is 4.90 Å². The Labute approximate surface area is 238 Å². The van der Waals surface area contributed by atoms with E-state index in [2.05, 4.69) is 52.7 Å². The Hall–Kier alpha value is -4.22. The Morgan fingerprint density at radius 2 is 1.98 bits per heavy atom. The molecule has 2 N–H and O–H groups in total. The Balaban J connectivity index is 0.996. The van der Waals surface area contributed by atoms with E-state index in [1.54, 1.807) is 12.1 Å². The third-order valence-corrected chi connectivity index (χ3v) is 7.66. The summed E-state index contributed by atoms with van der Waals surface area (Å²) in [5.41, 5.74) is 3.05. The van der Waals surface area contributed by atoms with Crippen LogP contribution in [0.5, 0.6) is 11.6 Å². The van der Waals surface area contributed by atoms with Crippen LogP contribution in [0, 0.1) is 0 Å². The predicted molar refractivity (Wildman–Crippen MR) is 153 cm³/mol. The zero-order chi connectivity index (χ0) is 28.3. The van der Waals surface area contributed by atoms with E-state index in [0.29, 0.717) is 55.4 Å². The highest BCUT2D eigenvalue weighted by atomic mass is 16.6. The van der Waals surface area contributed by atoms with Crippen LogP contribution < -0.4 is 25.0 Å². The van der Waals surface area contributed by atoms with Gasteiger partial charge in [0.2, 0.25) is 5.88 Å². The maximum absolute atomic E-state index is 12.5. The van der Waals surface area contributed by atoms with Gasteiger partial charge in [0, 0.05) is 37.2 Å². The van der Waals surface area contributed by atoms with Crippen LogP contribution in [0.3, 0.4) is 0 Å². The van der Waals surface area contributed by atoms with Crippen LogP contribution in [0.25, 0.3) is 11.3 Å². The van der Waals surface area contributed by atoms with E-state index in [9.17, 15) is 9.59 Å². The smallest absolute Gasteiger partial charge is 0.415 e. The molecule has 3 aliphatic rings. The summed E-state index contributed by atoms with van der Waals surface area (Å²) in [6.45, 7) is 4.81. The monoisotopic (exact) mass is 558 g/mol. The van der Waals surface area contributed by atoms with Crippen LogP contribution in [0.2, 0.25) is 0 Å². The fourth-order valence-electron chi connectivity index (χ4n) is 5.33. The van der Waals surface area contributed by atoms with Gasteiger partial charge in [-0.15, -0.1) is 0 Å². The maximum Gasteiger partial charge on any atom is 0.415 e. The molecule has 6 rings (SSSR count). The largest absolute Gasteiger partial charge is 0.480 e. The van der Waals surface area contributed by atoms with Crippen molar-refractivity contribution < 1.29 is 23.8 Å². The minimum atomic E-state index is -0.452. The molecule has 3 atom stereocenters. The van der Waals surface area contributed by atoms with Crippen LogP contribution >= 0.6 is 0 Å². The van der Waals surface area contributed by atoms with E-state index < -0.39 is 6.09 Å². The van der Waals surface area contributed by atoms with E-state index in [4.69, 9.17) is 19.2 Å². The van der Waals surface area contributed by atoms with Gasteiger partial charge in [0.05, 0.1) is 12.2 Å². The first kappa shape index (κ1) is 27.0. The SMILES string of the molecule is C[C@H]1C[C@H](Oc2cccc(-c3cccc(CNCC[C@H]4CN(c5ccc6c(n5)NC(=O)CO6)C(=O)O4)c3)n2)CN1C. The van der Waals surface area contributed by atoms with Gasteiger partial charge in [0.15, 0.2) is 18.2 Å². The van der Waals surface area contributed by atoms with Crippen molar-refractivity contribution in [3.05, 3.63) is 60.2 Å². The van der Waals surface area contributed by atoms with Crippen molar-refractivity contribution in [1.29, 1.82) is 0 Å². The van der Waals surface area contributed by atoms with Gasteiger partial charge < -0.3 is 24.8 Å². The van der Waals surface area contributed by atoms with Crippen molar-refractivity contribution in [2.45, 2.75) is 44.6 Å². The number of hydrogen-bond acceptors (Lipinski definition) is 9. The van der Waals surface area contributed by atoms with E-state index in [-0.39, 0.29) is 24.7 Å². The molecule has 1 aromatic carbocycles. The summed E-state index contributed by atoms with van der Waals surface area (Å²) >= 11 is 0. The average Bonchev–Trinajstić information content (AvgIpc) is 3.50. The maximum atomic E-state index is 12.5. The highest BCUT2D eigenvalue weighted by molar-refractivity contribution is 5.95. The fourth-order valence-corrected chi connectivity index (χ4v) is 5.33. The molecule has 11 nitrogen and oxygen atoms in total. The highest BCUT2D eigenvalue weighted by Crippen LogP contribution is 2.30. The molecule has 2 aromatic heterocycles. The van der Waals surface area contributed by atoms with Crippen LogP contribution in [0.1, 0.15) is 25.3 Å². The lowest BCUT2D eigenvalue weighted by molar-refractivity contribution is -0.118. The number of hydrogen-bond donors (Lipinski definition) is 2. The zero-order valence-electron chi connectivity index (χ0n) is 23.2. The van der Waals surface area contributed by atoms with Crippen molar-refractivity contribution in [1.82, 2.24) is 20.2 Å². The van der Waals surface area contributed by atoms with Gasteiger partial charge in [-0.25, -0.2) is 14.8 Å². The standard InChI is InChI=1S/C30H34N6O5/c1-19-13-23(16-35(19)2)40-28-8-4-7-24(32-28)21-6-3-5-20(14-21)15-31-12-11-22-17-36(30(38)41-22)26-10-9-25-29(33-26)34-27(37)18-39-25/h3-10,14,19,22-23,31H,11-13,15-18H2,1-2H3,(H,33,34,37)/t19-,22-,23-/m0/s1. The van der Waals surface area contributed by atoms with Gasteiger partial charge >= 0.3 is 6.09 Å². The second-order valence-electron chi connectivity index (χ2n) is 10.8. The molecule has 0 spiro atoms. The van der Waals surface area contributed by atoms with Gasteiger partial charge in [-0.3, -0.25) is 14.6 Å². The summed E-state index contributed by atoms with van der Waals surface area (Å²) in [5.74, 6) is 1.59. The summed E-state index contributed by atoms with van der Waals surface area (Å²) in [4.78, 5) is 37.0. The van der Waals surface area contributed by atoms with E-state index in [0.717, 1.165) is 29.8 Å². The van der Waals surface area contributed by atoms with Gasteiger partial charge in [0.25, 0.3) is 5.91 Å². The van der Waals surface area contributed by atoms with Gasteiger partial charge in [-0.1, -0.05) is 24.3 Å². The van der Waals surface area contributed by atoms with Gasteiger partial charge in [-0.05, 0) is 56.8 Å². The lowest BCUT2D eigenvalue weighted by Gasteiger charge is -2.19. The Morgan fingerprint density at radius 3 is 2.83 bits per heavy atom. The first-order chi connectivity index (χ1) is 19.9. The molecule has 0 aliphatic carbocycles. The summed E-state index contributed by atoms with van der Waals surface area (Å²) in [6, 6.07) is 18.1. The number of pyridine rings is 2. The lowest BCUT2D eigenvalue weighted by atomic mass is 10.1. The molecule has 0 unspecified atom stereocenters. The minimum absolute atomic E-state index is 0.0455. The Kier molecular flexibility index (Phi) is 7.71. The summed E-state index contributed by atoms with van der Waals surface area (Å²) < 4.78 is 17.1. The van der Waals surface area contributed by atoms with Gasteiger partial charge in [0.1, 0.15) is 18.0 Å². The zero-order valence-corrected chi connectivity index (χ0v) is 23.2. The van der Waals surface area contributed by atoms with E-state index in [1.807, 2.05) is 24.3 Å². The number of anilines is 2. The molecule has 2 amide bonds. The highest BCUT2D eigenvalue weighted by Gasteiger charge is 2.33. The molecule has 0 radical (unpaired) electrons. The molecule has 11 heteroatoms. The number of nitrogens with one attached hydrogen (secondary N) is 2. The second-order valence-corrected chi connectivity index (χ2v) is 10.8. The molecular formula is C30H34N6O5. The molecule has 2 fully saturated rings. The summed E-state index contributed by atoms with van der Waals surface area (Å²) in [5, 5.41) is 6.12. The quantitative estimate of drug-likeness (QED) is 0.381. The predicted octanol–water partition coefficient (Wildman–Crippen LogP) is 3.45. The third-order valence-electron chi connectivity index (χ3n) is 7.66. The number of benzene rings is 1. The fraction of sp³-hybridized carbons (Fsp3) is 0.400. The lowest BCUT2D eigenvalue weighted by Crippen LogP contribution is -2.29. The Morgan fingerprint density at radius 1 is 1.10 bits per heavy atom. The third kappa shape index (κ3) is 6.26. The topological polar surface area (TPSA) is 118 Å². The number of carbonyl (C=O) groups excluding carboxylic acids is 2. The second kappa shape index (κ2) is 11.7. The van der Waals surface area contributed by atoms with Crippen molar-refractivity contribution in [2.75, 3.05) is 43.5 Å². The van der Waals surface area contributed by atoms with Crippen molar-refractivity contribution >= 4 is 23.6 Å². The average molecular weight is 559 g/mol. The Bertz CT molecular complexity index is 1420. The number of amides is 2. The number of cyclic esters (lactones) is 1. The molecule has 3 aliphatic heterocycles. The van der Waals surface area contributed by atoms with Crippen molar-refractivity contribution in [2.24, 2.45) is 0 Å². The van der Waals surface area contributed by atoms with Crippen LogP contribution in [-0.2, 0) is 16.1 Å². The molecule has 0 saturated carbocycles. The van der Waals surface area contributed by atoms with Crippen LogP contribution in [-0.4, -0.2) is 78.4 Å². The van der Waals surface area contributed by atoms with Crippen molar-refractivity contribution in [3.8, 4) is 22.9 Å². The minimum Gasteiger partial charge on any atom is -0.480 e. The summed E-state index contributed by atoms with van der Waals surface area (Å²) in [6.07, 6.45) is 1.10. The van der Waals surface area contributed by atoms with E-state index >= 15 is 0 Å². The number of aromatic nitrogens is 2. The first-order valence-corrected chi connectivity index (χ1v) is 14.0. The number of rotatable bonds is 9. The molecule has 214 valence electrons. The molecule has 3 aromatic rings. The number of likely N-dealkylation sites (N-methyl/N-ethyl adjacent to an activating group) is 1. The first-order valence-electron chi connectivity index (χ1n) is 14.0. The number of carbonyl (C=O) groups is 2.